The fraction of sp³-hybridized carbons (Fsp3) is 0.278. The number of aliphatic hydroxyl groups is 1. The zero-order chi connectivity index (χ0) is 19.1. The van der Waals surface area contributed by atoms with Gasteiger partial charge in [-0.3, -0.25) is 4.79 Å². The van der Waals surface area contributed by atoms with Crippen molar-refractivity contribution in [2.45, 2.75) is 19.1 Å². The van der Waals surface area contributed by atoms with Gasteiger partial charge in [0, 0.05) is 6.54 Å². The third-order valence-corrected chi connectivity index (χ3v) is 4.48. The number of para-hydroxylation sites is 1. The Morgan fingerprint density at radius 3 is 2.46 bits per heavy atom. The Morgan fingerprint density at radius 1 is 1.08 bits per heavy atom. The molecular formula is C18H18Cl3NO4. The van der Waals surface area contributed by atoms with Crippen molar-refractivity contribution in [2.24, 2.45) is 0 Å². The molecule has 8 heteroatoms. The van der Waals surface area contributed by atoms with Crippen molar-refractivity contribution in [2.75, 3.05) is 13.2 Å². The summed E-state index contributed by atoms with van der Waals surface area (Å²) < 4.78 is 10.9. The fourth-order valence-electron chi connectivity index (χ4n) is 1.99. The zero-order valence-corrected chi connectivity index (χ0v) is 16.2. The molecular weight excluding hydrogens is 401 g/mol. The lowest BCUT2D eigenvalue weighted by Gasteiger charge is -2.18. The number of hydrogen-bond donors (Lipinski definition) is 2. The summed E-state index contributed by atoms with van der Waals surface area (Å²) in [6.45, 7) is 1.53. The highest BCUT2D eigenvalue weighted by molar-refractivity contribution is 6.42. The summed E-state index contributed by atoms with van der Waals surface area (Å²) in [5, 5.41) is 13.6. The van der Waals surface area contributed by atoms with Crippen molar-refractivity contribution < 1.29 is 19.4 Å². The minimum Gasteiger partial charge on any atom is -0.489 e. The van der Waals surface area contributed by atoms with Crippen LogP contribution in [0.15, 0.2) is 42.5 Å². The molecule has 2 aromatic rings. The summed E-state index contributed by atoms with van der Waals surface area (Å²) in [7, 11) is 0. The van der Waals surface area contributed by atoms with Crippen molar-refractivity contribution in [3.05, 3.63) is 57.5 Å². The predicted molar refractivity (Wildman–Crippen MR) is 103 cm³/mol. The quantitative estimate of drug-likeness (QED) is 0.681. The molecule has 0 saturated carbocycles. The van der Waals surface area contributed by atoms with Gasteiger partial charge < -0.3 is 19.9 Å². The Bertz CT molecular complexity index is 757. The lowest BCUT2D eigenvalue weighted by molar-refractivity contribution is -0.127. The van der Waals surface area contributed by atoms with Gasteiger partial charge in [-0.25, -0.2) is 0 Å². The molecule has 2 unspecified atom stereocenters. The third-order valence-electron chi connectivity index (χ3n) is 3.37. The summed E-state index contributed by atoms with van der Waals surface area (Å²) >= 11 is 17.9. The molecule has 26 heavy (non-hydrogen) atoms. The highest BCUT2D eigenvalue weighted by atomic mass is 35.5. The first kappa shape index (κ1) is 20.6. The summed E-state index contributed by atoms with van der Waals surface area (Å²) in [6.07, 6.45) is -1.70. The normalized spacial score (nSPS) is 13.0. The lowest BCUT2D eigenvalue weighted by Crippen LogP contribution is -2.41. The van der Waals surface area contributed by atoms with Crippen molar-refractivity contribution in [3.63, 3.8) is 0 Å². The number of aliphatic hydroxyl groups excluding tert-OH is 1. The van der Waals surface area contributed by atoms with Gasteiger partial charge in [0.05, 0.1) is 10.0 Å². The zero-order valence-electron chi connectivity index (χ0n) is 13.9. The predicted octanol–water partition coefficient (Wildman–Crippen LogP) is 3.97. The van der Waals surface area contributed by atoms with Gasteiger partial charge in [0.15, 0.2) is 6.10 Å². The maximum atomic E-state index is 12.1. The summed E-state index contributed by atoms with van der Waals surface area (Å²) in [4.78, 5) is 12.1. The second-order valence-electron chi connectivity index (χ2n) is 5.45. The van der Waals surface area contributed by atoms with Crippen molar-refractivity contribution in [1.82, 2.24) is 5.32 Å². The highest BCUT2D eigenvalue weighted by Crippen LogP contribution is 2.31. The monoisotopic (exact) mass is 417 g/mol. The van der Waals surface area contributed by atoms with E-state index in [1.165, 1.54) is 0 Å². The largest absolute Gasteiger partial charge is 0.489 e. The van der Waals surface area contributed by atoms with Crippen molar-refractivity contribution >= 4 is 40.7 Å². The van der Waals surface area contributed by atoms with Gasteiger partial charge in [0.2, 0.25) is 0 Å². The van der Waals surface area contributed by atoms with Crippen LogP contribution in [0.25, 0.3) is 0 Å². The van der Waals surface area contributed by atoms with E-state index in [0.29, 0.717) is 21.5 Å². The van der Waals surface area contributed by atoms with E-state index in [4.69, 9.17) is 44.3 Å². The van der Waals surface area contributed by atoms with Gasteiger partial charge in [-0.2, -0.15) is 0 Å². The molecule has 1 amide bonds. The summed E-state index contributed by atoms with van der Waals surface area (Å²) in [6, 6.07) is 11.8. The van der Waals surface area contributed by atoms with Gasteiger partial charge in [-0.05, 0) is 31.2 Å². The van der Waals surface area contributed by atoms with E-state index in [-0.39, 0.29) is 24.1 Å². The summed E-state index contributed by atoms with van der Waals surface area (Å²) in [5.41, 5.74) is 0. The van der Waals surface area contributed by atoms with Crippen LogP contribution in [0.1, 0.15) is 6.92 Å². The maximum Gasteiger partial charge on any atom is 0.260 e. The van der Waals surface area contributed by atoms with Crippen LogP contribution in [0.3, 0.4) is 0 Å². The highest BCUT2D eigenvalue weighted by Gasteiger charge is 2.17. The molecule has 2 aromatic carbocycles. The van der Waals surface area contributed by atoms with E-state index < -0.39 is 12.2 Å². The topological polar surface area (TPSA) is 67.8 Å². The fourth-order valence-corrected chi connectivity index (χ4v) is 2.51. The van der Waals surface area contributed by atoms with Gasteiger partial charge in [0.25, 0.3) is 5.91 Å². The van der Waals surface area contributed by atoms with E-state index in [0.717, 1.165) is 0 Å². The average molecular weight is 419 g/mol. The number of halogens is 3. The van der Waals surface area contributed by atoms with Gasteiger partial charge in [-0.1, -0.05) is 53.0 Å². The smallest absolute Gasteiger partial charge is 0.260 e. The minimum atomic E-state index is -0.929. The Morgan fingerprint density at radius 2 is 1.73 bits per heavy atom. The van der Waals surface area contributed by atoms with Crippen LogP contribution in [-0.2, 0) is 4.79 Å². The van der Waals surface area contributed by atoms with Crippen LogP contribution >= 0.6 is 34.8 Å². The van der Waals surface area contributed by atoms with Crippen LogP contribution < -0.4 is 14.8 Å². The Hall–Kier alpha value is -1.66. The third kappa shape index (κ3) is 5.95. The molecule has 0 heterocycles. The van der Waals surface area contributed by atoms with E-state index in [2.05, 4.69) is 5.32 Å². The van der Waals surface area contributed by atoms with Gasteiger partial charge in [0.1, 0.15) is 29.2 Å². The molecule has 0 aromatic heterocycles. The molecule has 0 radical (unpaired) electrons. The summed E-state index contributed by atoms with van der Waals surface area (Å²) in [5.74, 6) is 0.390. The van der Waals surface area contributed by atoms with E-state index >= 15 is 0 Å². The maximum absolute atomic E-state index is 12.1. The molecule has 0 aliphatic heterocycles. The molecule has 0 fully saturated rings. The van der Waals surface area contributed by atoms with Crippen LogP contribution in [-0.4, -0.2) is 36.4 Å². The Kier molecular flexibility index (Phi) is 7.85. The van der Waals surface area contributed by atoms with E-state index in [1.54, 1.807) is 49.4 Å². The molecule has 0 aliphatic rings. The SMILES string of the molecule is CC(Oc1ccccc1Cl)C(=O)NCC(O)COc1cccc(Cl)c1Cl. The van der Waals surface area contributed by atoms with E-state index in [1.807, 2.05) is 0 Å². The van der Waals surface area contributed by atoms with E-state index in [9.17, 15) is 9.90 Å². The molecule has 0 spiro atoms. The Labute approximate surface area is 166 Å². The standard InChI is InChI=1S/C18H18Cl3NO4/c1-11(26-15-7-3-2-5-13(15)19)18(24)22-9-12(23)10-25-16-8-4-6-14(20)17(16)21/h2-8,11-12,23H,9-10H2,1H3,(H,22,24). The van der Waals surface area contributed by atoms with Gasteiger partial charge >= 0.3 is 0 Å². The first-order valence-corrected chi connectivity index (χ1v) is 8.95. The van der Waals surface area contributed by atoms with Crippen molar-refractivity contribution in [1.29, 1.82) is 0 Å². The second kappa shape index (κ2) is 9.88. The molecule has 2 atom stereocenters. The lowest BCUT2D eigenvalue weighted by atomic mass is 10.3. The van der Waals surface area contributed by atoms with Crippen LogP contribution in [0, 0.1) is 0 Å². The number of carbonyl (C=O) groups excluding carboxylic acids is 1. The second-order valence-corrected chi connectivity index (χ2v) is 6.64. The first-order valence-electron chi connectivity index (χ1n) is 7.82. The van der Waals surface area contributed by atoms with Crippen molar-refractivity contribution in [3.8, 4) is 11.5 Å². The minimum absolute atomic E-state index is 0.00671. The molecule has 0 aliphatic carbocycles. The molecule has 2 rings (SSSR count). The number of amides is 1. The number of hydrogen-bond acceptors (Lipinski definition) is 4. The van der Waals surface area contributed by atoms with Crippen LogP contribution in [0.5, 0.6) is 11.5 Å². The number of carbonyl (C=O) groups is 1. The average Bonchev–Trinajstić information content (AvgIpc) is 2.62. The number of ether oxygens (including phenoxy) is 2. The number of rotatable bonds is 8. The molecule has 0 bridgehead atoms. The van der Waals surface area contributed by atoms with Crippen LogP contribution in [0.4, 0.5) is 0 Å². The van der Waals surface area contributed by atoms with Crippen LogP contribution in [0.2, 0.25) is 15.1 Å². The first-order chi connectivity index (χ1) is 12.4. The molecule has 2 N–H and O–H groups in total. The molecule has 140 valence electrons. The molecule has 0 saturated heterocycles. The number of benzene rings is 2. The molecule has 5 nitrogen and oxygen atoms in total. The number of nitrogens with one attached hydrogen (secondary N) is 1. The van der Waals surface area contributed by atoms with Gasteiger partial charge in [-0.15, -0.1) is 0 Å². The Balaban J connectivity index is 1.77.